The number of hydrogen-bond donors (Lipinski definition) is 3. The van der Waals surface area contributed by atoms with Crippen LogP contribution >= 0.6 is 0 Å². The van der Waals surface area contributed by atoms with Gasteiger partial charge in [0.1, 0.15) is 0 Å². The van der Waals surface area contributed by atoms with Crippen LogP contribution in [0.15, 0.2) is 18.2 Å². The monoisotopic (exact) mass is 235 g/mol. The van der Waals surface area contributed by atoms with E-state index in [4.69, 9.17) is 5.84 Å². The van der Waals surface area contributed by atoms with Gasteiger partial charge in [-0.15, -0.1) is 0 Å². The number of hydrazine groups is 1. The van der Waals surface area contributed by atoms with E-state index in [0.717, 1.165) is 23.2 Å². The summed E-state index contributed by atoms with van der Waals surface area (Å²) in [6.07, 6.45) is 0.640. The van der Waals surface area contributed by atoms with Crippen molar-refractivity contribution in [1.82, 2.24) is 5.43 Å². The average molecular weight is 235 g/mol. The molecule has 0 radical (unpaired) electrons. The molecule has 1 heterocycles. The molecule has 5 nitrogen and oxygen atoms in total. The van der Waals surface area contributed by atoms with Crippen molar-refractivity contribution >= 4 is 11.6 Å². The van der Waals surface area contributed by atoms with Gasteiger partial charge in [0.2, 0.25) is 5.91 Å². The zero-order valence-electron chi connectivity index (χ0n) is 9.81. The second-order valence-electron chi connectivity index (χ2n) is 4.26. The van der Waals surface area contributed by atoms with Crippen molar-refractivity contribution in [3.8, 4) is 0 Å². The number of hydrogen-bond acceptors (Lipinski definition) is 4. The van der Waals surface area contributed by atoms with Gasteiger partial charge < -0.3 is 10.0 Å². The molecular weight excluding hydrogens is 218 g/mol. The third-order valence-corrected chi connectivity index (χ3v) is 3.14. The molecule has 1 aliphatic heterocycles. The number of carbonyl (C=O) groups is 1. The Hall–Kier alpha value is -1.43. The van der Waals surface area contributed by atoms with Crippen LogP contribution < -0.4 is 16.2 Å². The number of amides is 1. The Labute approximate surface area is 100 Å². The lowest BCUT2D eigenvalue weighted by Gasteiger charge is -2.26. The summed E-state index contributed by atoms with van der Waals surface area (Å²) in [6.45, 7) is 0.313. The highest BCUT2D eigenvalue weighted by Crippen LogP contribution is 2.29. The standard InChI is InChI=1S/C12H17N3O2/c1-15-10-4-2-9(11(16)7-14-13)6-8(10)3-5-12(15)17/h2,4,6,11,14,16H,3,5,7,13H2,1H3. The first-order chi connectivity index (χ1) is 8.13. The Balaban J connectivity index is 2.29. The van der Waals surface area contributed by atoms with Gasteiger partial charge in [0, 0.05) is 25.7 Å². The first-order valence-electron chi connectivity index (χ1n) is 5.64. The molecule has 92 valence electrons. The number of carbonyl (C=O) groups excluding carboxylic acids is 1. The van der Waals surface area contributed by atoms with Gasteiger partial charge in [-0.3, -0.25) is 16.1 Å². The molecule has 0 spiro atoms. The second-order valence-corrected chi connectivity index (χ2v) is 4.26. The van der Waals surface area contributed by atoms with E-state index in [1.807, 2.05) is 18.2 Å². The molecule has 0 aliphatic carbocycles. The number of aliphatic hydroxyl groups is 1. The predicted octanol–water partition coefficient (Wildman–Crippen LogP) is 0.0923. The van der Waals surface area contributed by atoms with Crippen molar-refractivity contribution in [2.24, 2.45) is 5.84 Å². The molecule has 1 unspecified atom stereocenters. The largest absolute Gasteiger partial charge is 0.387 e. The summed E-state index contributed by atoms with van der Waals surface area (Å²) in [4.78, 5) is 13.2. The molecule has 1 atom stereocenters. The normalized spacial score (nSPS) is 16.9. The summed E-state index contributed by atoms with van der Waals surface area (Å²) in [5.41, 5.74) is 5.30. The van der Waals surface area contributed by atoms with Crippen LogP contribution in [0.25, 0.3) is 0 Å². The number of aryl methyl sites for hydroxylation is 1. The van der Waals surface area contributed by atoms with Crippen LogP contribution in [-0.2, 0) is 11.2 Å². The van der Waals surface area contributed by atoms with E-state index < -0.39 is 6.10 Å². The molecule has 1 aliphatic rings. The van der Waals surface area contributed by atoms with Crippen molar-refractivity contribution in [3.05, 3.63) is 29.3 Å². The van der Waals surface area contributed by atoms with Gasteiger partial charge in [-0.1, -0.05) is 12.1 Å². The maximum Gasteiger partial charge on any atom is 0.227 e. The molecule has 0 saturated heterocycles. The zero-order valence-corrected chi connectivity index (χ0v) is 9.81. The number of benzene rings is 1. The molecular formula is C12H17N3O2. The van der Waals surface area contributed by atoms with Gasteiger partial charge in [0.15, 0.2) is 0 Å². The Morgan fingerprint density at radius 2 is 2.29 bits per heavy atom. The Morgan fingerprint density at radius 1 is 1.53 bits per heavy atom. The van der Waals surface area contributed by atoms with Crippen LogP contribution in [0, 0.1) is 0 Å². The van der Waals surface area contributed by atoms with E-state index in [1.54, 1.807) is 11.9 Å². The Bertz CT molecular complexity index is 434. The Kier molecular flexibility index (Phi) is 3.42. The van der Waals surface area contributed by atoms with Crippen LogP contribution in [0.2, 0.25) is 0 Å². The number of nitrogens with two attached hydrogens (primary N) is 1. The quantitative estimate of drug-likeness (QED) is 0.512. The van der Waals surface area contributed by atoms with Crippen LogP contribution in [0.3, 0.4) is 0 Å². The van der Waals surface area contributed by atoms with Gasteiger partial charge in [-0.25, -0.2) is 0 Å². The fourth-order valence-corrected chi connectivity index (χ4v) is 2.11. The molecule has 1 aromatic carbocycles. The maximum absolute atomic E-state index is 11.5. The smallest absolute Gasteiger partial charge is 0.227 e. The molecule has 2 rings (SSSR count). The minimum absolute atomic E-state index is 0.134. The summed E-state index contributed by atoms with van der Waals surface area (Å²) < 4.78 is 0. The first kappa shape index (κ1) is 12.0. The molecule has 0 aromatic heterocycles. The van der Waals surface area contributed by atoms with Gasteiger partial charge >= 0.3 is 0 Å². The lowest BCUT2D eigenvalue weighted by atomic mass is 9.97. The topological polar surface area (TPSA) is 78.6 Å². The van der Waals surface area contributed by atoms with E-state index >= 15 is 0 Å². The fourth-order valence-electron chi connectivity index (χ4n) is 2.11. The number of fused-ring (bicyclic) bond motifs is 1. The highest BCUT2D eigenvalue weighted by molar-refractivity contribution is 5.95. The molecule has 17 heavy (non-hydrogen) atoms. The molecule has 1 aromatic rings. The summed E-state index contributed by atoms with van der Waals surface area (Å²) in [6, 6.07) is 5.65. The van der Waals surface area contributed by atoms with Crippen molar-refractivity contribution in [1.29, 1.82) is 0 Å². The number of aliphatic hydroxyl groups excluding tert-OH is 1. The average Bonchev–Trinajstić information content (AvgIpc) is 2.34. The van der Waals surface area contributed by atoms with E-state index in [9.17, 15) is 9.90 Å². The number of rotatable bonds is 3. The summed E-state index contributed by atoms with van der Waals surface area (Å²) in [5.74, 6) is 5.32. The van der Waals surface area contributed by atoms with Crippen LogP contribution in [0.5, 0.6) is 0 Å². The van der Waals surface area contributed by atoms with Crippen LogP contribution in [0.4, 0.5) is 5.69 Å². The number of anilines is 1. The van der Waals surface area contributed by atoms with Gasteiger partial charge in [0.25, 0.3) is 0 Å². The van der Waals surface area contributed by atoms with Crippen molar-refractivity contribution in [3.63, 3.8) is 0 Å². The molecule has 5 heteroatoms. The van der Waals surface area contributed by atoms with Gasteiger partial charge in [0.05, 0.1) is 6.10 Å². The first-order valence-corrected chi connectivity index (χ1v) is 5.64. The third-order valence-electron chi connectivity index (χ3n) is 3.14. The zero-order chi connectivity index (χ0) is 12.4. The number of nitrogens with zero attached hydrogens (tertiary/aromatic N) is 1. The lowest BCUT2D eigenvalue weighted by molar-refractivity contribution is -0.118. The van der Waals surface area contributed by atoms with Crippen molar-refractivity contribution in [2.75, 3.05) is 18.5 Å². The fraction of sp³-hybridized carbons (Fsp3) is 0.417. The minimum atomic E-state index is -0.617. The second kappa shape index (κ2) is 4.83. The highest BCUT2D eigenvalue weighted by Gasteiger charge is 2.21. The van der Waals surface area contributed by atoms with E-state index in [0.29, 0.717) is 13.0 Å². The van der Waals surface area contributed by atoms with Crippen molar-refractivity contribution in [2.45, 2.75) is 18.9 Å². The molecule has 0 saturated carbocycles. The minimum Gasteiger partial charge on any atom is -0.387 e. The summed E-state index contributed by atoms with van der Waals surface area (Å²) >= 11 is 0. The SMILES string of the molecule is CN1C(=O)CCc2cc(C(O)CNN)ccc21. The molecule has 1 amide bonds. The van der Waals surface area contributed by atoms with E-state index in [-0.39, 0.29) is 5.91 Å². The molecule has 4 N–H and O–H groups in total. The van der Waals surface area contributed by atoms with Crippen molar-refractivity contribution < 1.29 is 9.90 Å². The summed E-state index contributed by atoms with van der Waals surface area (Å²) in [5, 5.41) is 9.82. The van der Waals surface area contributed by atoms with E-state index in [2.05, 4.69) is 5.43 Å². The highest BCUT2D eigenvalue weighted by atomic mass is 16.3. The van der Waals surface area contributed by atoms with E-state index in [1.165, 1.54) is 0 Å². The molecule has 0 bridgehead atoms. The van der Waals surface area contributed by atoms with Crippen LogP contribution in [-0.4, -0.2) is 24.6 Å². The predicted molar refractivity (Wildman–Crippen MR) is 65.3 cm³/mol. The third kappa shape index (κ3) is 2.31. The lowest BCUT2D eigenvalue weighted by Crippen LogP contribution is -2.31. The van der Waals surface area contributed by atoms with Gasteiger partial charge in [-0.05, 0) is 23.6 Å². The Morgan fingerprint density at radius 3 is 3.00 bits per heavy atom. The van der Waals surface area contributed by atoms with Gasteiger partial charge in [-0.2, -0.15) is 0 Å². The maximum atomic E-state index is 11.5. The van der Waals surface area contributed by atoms with Crippen LogP contribution in [0.1, 0.15) is 23.7 Å². The number of nitrogens with one attached hydrogen (secondary N) is 1. The molecule has 0 fully saturated rings. The summed E-state index contributed by atoms with van der Waals surface area (Å²) in [7, 11) is 1.78.